The van der Waals surface area contributed by atoms with Gasteiger partial charge in [0.05, 0.1) is 12.6 Å². The Hall–Kier alpha value is -2.49. The van der Waals surface area contributed by atoms with Crippen LogP contribution >= 0.6 is 0 Å². The van der Waals surface area contributed by atoms with Gasteiger partial charge >= 0.3 is 0 Å². The normalized spacial score (nSPS) is 10.9. The maximum Gasteiger partial charge on any atom is 0.132 e. The van der Waals surface area contributed by atoms with Gasteiger partial charge in [-0.15, -0.1) is 0 Å². The summed E-state index contributed by atoms with van der Waals surface area (Å²) >= 11 is 0. The molecule has 0 bridgehead atoms. The first kappa shape index (κ1) is 12.5. The Bertz CT molecular complexity index is 764. The molecule has 3 aromatic rings. The molecule has 4 heteroatoms. The van der Waals surface area contributed by atoms with E-state index in [-0.39, 0.29) is 5.82 Å². The van der Waals surface area contributed by atoms with Crippen LogP contribution in [-0.4, -0.2) is 11.7 Å². The fraction of sp³-hybridized carbons (Fsp3) is 0.125. The lowest BCUT2D eigenvalue weighted by atomic mass is 10.2. The molecule has 0 spiro atoms. The van der Waals surface area contributed by atoms with Crippen LogP contribution in [-0.2, 0) is 6.54 Å². The van der Waals surface area contributed by atoms with Crippen molar-refractivity contribution in [2.75, 3.05) is 12.8 Å². The average Bonchev–Trinajstić information content (AvgIpc) is 2.83. The molecule has 0 atom stereocenters. The van der Waals surface area contributed by atoms with E-state index in [0.717, 1.165) is 16.8 Å². The number of nitrogens with zero attached hydrogens (tertiary/aromatic N) is 1. The van der Waals surface area contributed by atoms with E-state index in [1.807, 2.05) is 29.0 Å². The molecule has 20 heavy (non-hydrogen) atoms. The van der Waals surface area contributed by atoms with Crippen molar-refractivity contribution in [1.82, 2.24) is 4.57 Å². The van der Waals surface area contributed by atoms with Gasteiger partial charge in [0, 0.05) is 29.9 Å². The first-order chi connectivity index (χ1) is 9.67. The maximum atomic E-state index is 13.7. The summed E-state index contributed by atoms with van der Waals surface area (Å²) in [6.45, 7) is 0.619. The summed E-state index contributed by atoms with van der Waals surface area (Å²) in [6.07, 6.45) is 1.88. The van der Waals surface area contributed by atoms with Gasteiger partial charge in [-0.25, -0.2) is 4.39 Å². The largest absolute Gasteiger partial charge is 0.497 e. The Morgan fingerprint density at radius 3 is 2.85 bits per heavy atom. The summed E-state index contributed by atoms with van der Waals surface area (Å²) in [5.41, 5.74) is 8.39. The number of anilines is 1. The average molecular weight is 270 g/mol. The van der Waals surface area contributed by atoms with Crippen molar-refractivity contribution >= 4 is 16.6 Å². The summed E-state index contributed by atoms with van der Waals surface area (Å²) in [5, 5.41) is 0.628. The highest BCUT2D eigenvalue weighted by molar-refractivity contribution is 5.80. The van der Waals surface area contributed by atoms with Crippen LogP contribution in [0.1, 0.15) is 5.56 Å². The number of methoxy groups -OCH3 is 1. The number of rotatable bonds is 3. The third-order valence-electron chi connectivity index (χ3n) is 3.34. The highest BCUT2D eigenvalue weighted by Crippen LogP contribution is 2.23. The fourth-order valence-electron chi connectivity index (χ4n) is 2.42. The van der Waals surface area contributed by atoms with Crippen LogP contribution in [0.5, 0.6) is 5.75 Å². The van der Waals surface area contributed by atoms with Crippen molar-refractivity contribution in [2.45, 2.75) is 6.54 Å². The van der Waals surface area contributed by atoms with Gasteiger partial charge < -0.3 is 15.0 Å². The summed E-state index contributed by atoms with van der Waals surface area (Å²) < 4.78 is 20.9. The minimum Gasteiger partial charge on any atom is -0.497 e. The Balaban J connectivity index is 2.01. The standard InChI is InChI=1S/C16H15FN2O/c1-20-13-8-11(7-12(18)9-13)10-19-6-5-14-15(17)3-2-4-16(14)19/h2-9H,10,18H2,1H3. The quantitative estimate of drug-likeness (QED) is 0.741. The van der Waals surface area contributed by atoms with Crippen molar-refractivity contribution in [3.8, 4) is 5.75 Å². The van der Waals surface area contributed by atoms with Gasteiger partial charge in [0.15, 0.2) is 0 Å². The van der Waals surface area contributed by atoms with E-state index >= 15 is 0 Å². The smallest absolute Gasteiger partial charge is 0.132 e. The van der Waals surface area contributed by atoms with Crippen LogP contribution in [0.15, 0.2) is 48.7 Å². The van der Waals surface area contributed by atoms with Crippen molar-refractivity contribution in [2.24, 2.45) is 0 Å². The number of ether oxygens (including phenoxy) is 1. The molecule has 1 aromatic heterocycles. The zero-order valence-corrected chi connectivity index (χ0v) is 11.1. The van der Waals surface area contributed by atoms with Crippen LogP contribution in [0, 0.1) is 5.82 Å². The molecule has 0 saturated carbocycles. The number of nitrogens with two attached hydrogens (primary N) is 1. The molecule has 2 aromatic carbocycles. The summed E-state index contributed by atoms with van der Waals surface area (Å²) in [7, 11) is 1.61. The van der Waals surface area contributed by atoms with Crippen molar-refractivity contribution in [3.05, 3.63) is 60.0 Å². The fourth-order valence-corrected chi connectivity index (χ4v) is 2.42. The Labute approximate surface area is 116 Å². The second-order valence-corrected chi connectivity index (χ2v) is 4.73. The third-order valence-corrected chi connectivity index (χ3v) is 3.34. The first-order valence-corrected chi connectivity index (χ1v) is 6.34. The SMILES string of the molecule is COc1cc(N)cc(Cn2ccc3c(F)cccc32)c1. The molecule has 0 radical (unpaired) electrons. The predicted octanol–water partition coefficient (Wildman–Crippen LogP) is 3.42. The molecule has 0 unspecified atom stereocenters. The van der Waals surface area contributed by atoms with E-state index in [4.69, 9.17) is 10.5 Å². The van der Waals surface area contributed by atoms with Crippen LogP contribution in [0.25, 0.3) is 10.9 Å². The van der Waals surface area contributed by atoms with Gasteiger partial charge in [-0.3, -0.25) is 0 Å². The van der Waals surface area contributed by atoms with Crippen molar-refractivity contribution < 1.29 is 9.13 Å². The number of halogens is 1. The van der Waals surface area contributed by atoms with E-state index < -0.39 is 0 Å². The molecule has 0 aliphatic carbocycles. The van der Waals surface area contributed by atoms with Gasteiger partial charge in [0.25, 0.3) is 0 Å². The molecule has 2 N–H and O–H groups in total. The number of hydrogen-bond acceptors (Lipinski definition) is 2. The Kier molecular flexibility index (Phi) is 3.06. The molecular formula is C16H15FN2O. The first-order valence-electron chi connectivity index (χ1n) is 6.34. The van der Waals surface area contributed by atoms with E-state index in [1.54, 1.807) is 25.3 Å². The molecular weight excluding hydrogens is 255 g/mol. The molecule has 0 aliphatic rings. The van der Waals surface area contributed by atoms with Gasteiger partial charge in [-0.05, 0) is 35.9 Å². The van der Waals surface area contributed by atoms with Gasteiger partial charge in [-0.1, -0.05) is 6.07 Å². The van der Waals surface area contributed by atoms with E-state index in [2.05, 4.69) is 0 Å². The van der Waals surface area contributed by atoms with Crippen LogP contribution in [0.2, 0.25) is 0 Å². The number of fused-ring (bicyclic) bond motifs is 1. The van der Waals surface area contributed by atoms with Crippen LogP contribution < -0.4 is 10.5 Å². The number of nitrogen functional groups attached to an aromatic ring is 1. The second-order valence-electron chi connectivity index (χ2n) is 4.73. The molecule has 3 rings (SSSR count). The highest BCUT2D eigenvalue weighted by atomic mass is 19.1. The van der Waals surface area contributed by atoms with Crippen LogP contribution in [0.4, 0.5) is 10.1 Å². The summed E-state index contributed by atoms with van der Waals surface area (Å²) in [5.74, 6) is 0.522. The zero-order valence-electron chi connectivity index (χ0n) is 11.1. The minimum atomic E-state index is -0.202. The van der Waals surface area contributed by atoms with Gasteiger partial charge in [0.1, 0.15) is 11.6 Å². The lowest BCUT2D eigenvalue weighted by molar-refractivity contribution is 0.414. The Morgan fingerprint density at radius 1 is 1.20 bits per heavy atom. The lowest BCUT2D eigenvalue weighted by Gasteiger charge is -2.09. The monoisotopic (exact) mass is 270 g/mol. The topological polar surface area (TPSA) is 40.2 Å². The van der Waals surface area contributed by atoms with E-state index in [1.165, 1.54) is 6.07 Å². The minimum absolute atomic E-state index is 0.202. The molecule has 0 saturated heterocycles. The van der Waals surface area contributed by atoms with Crippen LogP contribution in [0.3, 0.4) is 0 Å². The maximum absolute atomic E-state index is 13.7. The summed E-state index contributed by atoms with van der Waals surface area (Å²) in [4.78, 5) is 0. The predicted molar refractivity (Wildman–Crippen MR) is 78.4 cm³/mol. The molecule has 3 nitrogen and oxygen atoms in total. The molecule has 0 fully saturated rings. The van der Waals surface area contributed by atoms with Crippen molar-refractivity contribution in [1.29, 1.82) is 0 Å². The van der Waals surface area contributed by atoms with E-state index in [0.29, 0.717) is 17.6 Å². The van der Waals surface area contributed by atoms with Gasteiger partial charge in [-0.2, -0.15) is 0 Å². The van der Waals surface area contributed by atoms with Gasteiger partial charge in [0.2, 0.25) is 0 Å². The highest BCUT2D eigenvalue weighted by Gasteiger charge is 2.06. The number of aromatic nitrogens is 1. The number of hydrogen-bond donors (Lipinski definition) is 1. The summed E-state index contributed by atoms with van der Waals surface area (Å²) in [6, 6.07) is 12.5. The molecule has 0 aliphatic heterocycles. The van der Waals surface area contributed by atoms with E-state index in [9.17, 15) is 4.39 Å². The molecule has 1 heterocycles. The molecule has 0 amide bonds. The van der Waals surface area contributed by atoms with Crippen molar-refractivity contribution in [3.63, 3.8) is 0 Å². The Morgan fingerprint density at radius 2 is 2.05 bits per heavy atom. The lowest BCUT2D eigenvalue weighted by Crippen LogP contribution is -2.00. The number of benzene rings is 2. The second kappa shape index (κ2) is 4.89. The third kappa shape index (κ3) is 2.20. The zero-order chi connectivity index (χ0) is 14.1. The molecule has 102 valence electrons.